The third-order valence-corrected chi connectivity index (χ3v) is 2.69. The first-order chi connectivity index (χ1) is 8.24. The summed E-state index contributed by atoms with van der Waals surface area (Å²) in [5.41, 5.74) is 2.63. The molecule has 2 aromatic heterocycles. The molecule has 0 atom stereocenters. The molecule has 0 saturated heterocycles. The summed E-state index contributed by atoms with van der Waals surface area (Å²) in [6.07, 6.45) is 1.76. The van der Waals surface area contributed by atoms with E-state index < -0.39 is 0 Å². The van der Waals surface area contributed by atoms with Crippen LogP contribution in [0.15, 0.2) is 36.5 Å². The number of amides is 1. The molecule has 2 heterocycles. The Morgan fingerprint density at radius 1 is 1.29 bits per heavy atom. The molecule has 4 nitrogen and oxygen atoms in total. The highest BCUT2D eigenvalue weighted by molar-refractivity contribution is 6.07. The predicted octanol–water partition coefficient (Wildman–Crippen LogP) is 2.67. The summed E-state index contributed by atoms with van der Waals surface area (Å²) >= 11 is 0. The van der Waals surface area contributed by atoms with Crippen LogP contribution in [0, 0.1) is 0 Å². The lowest BCUT2D eigenvalue weighted by molar-refractivity contribution is -0.114. The maximum absolute atomic E-state index is 11.0. The van der Waals surface area contributed by atoms with Crippen LogP contribution in [-0.4, -0.2) is 15.9 Å². The molecule has 84 valence electrons. The van der Waals surface area contributed by atoms with E-state index in [9.17, 15) is 4.79 Å². The van der Waals surface area contributed by atoms with E-state index >= 15 is 0 Å². The third-order valence-electron chi connectivity index (χ3n) is 2.69. The van der Waals surface area contributed by atoms with Gasteiger partial charge >= 0.3 is 0 Å². The first-order valence-corrected chi connectivity index (χ1v) is 5.38. The molecule has 1 amide bonds. The topological polar surface area (TPSA) is 57.8 Å². The Bertz CT molecular complexity index is 715. The van der Waals surface area contributed by atoms with Gasteiger partial charge in [0.25, 0.3) is 0 Å². The van der Waals surface area contributed by atoms with Crippen LogP contribution in [0.4, 0.5) is 5.69 Å². The smallest absolute Gasteiger partial charge is 0.221 e. The third kappa shape index (κ3) is 1.63. The summed E-state index contributed by atoms with van der Waals surface area (Å²) in [6.45, 7) is 1.50. The number of nitrogens with one attached hydrogen (secondary N) is 2. The van der Waals surface area contributed by atoms with Crippen LogP contribution >= 0.6 is 0 Å². The fourth-order valence-corrected chi connectivity index (χ4v) is 2.01. The molecule has 0 radical (unpaired) electrons. The van der Waals surface area contributed by atoms with Crippen molar-refractivity contribution in [3.63, 3.8) is 0 Å². The average molecular weight is 225 g/mol. The lowest BCUT2D eigenvalue weighted by Crippen LogP contribution is -2.05. The summed E-state index contributed by atoms with van der Waals surface area (Å²) in [7, 11) is 0. The van der Waals surface area contributed by atoms with Gasteiger partial charge in [0.05, 0.1) is 0 Å². The van der Waals surface area contributed by atoms with Crippen LogP contribution in [0.25, 0.3) is 21.9 Å². The van der Waals surface area contributed by atoms with Gasteiger partial charge in [-0.05, 0) is 24.3 Å². The van der Waals surface area contributed by atoms with Crippen molar-refractivity contribution in [2.45, 2.75) is 6.92 Å². The van der Waals surface area contributed by atoms with E-state index in [2.05, 4.69) is 15.3 Å². The second-order valence-electron chi connectivity index (χ2n) is 3.97. The largest absolute Gasteiger partial charge is 0.339 e. The van der Waals surface area contributed by atoms with Crippen LogP contribution in [-0.2, 0) is 4.79 Å². The fourth-order valence-electron chi connectivity index (χ4n) is 2.01. The van der Waals surface area contributed by atoms with Gasteiger partial charge in [-0.25, -0.2) is 4.98 Å². The van der Waals surface area contributed by atoms with Crippen molar-refractivity contribution in [3.8, 4) is 0 Å². The molecule has 0 saturated carbocycles. The molecule has 3 aromatic rings. The minimum atomic E-state index is -0.0708. The van der Waals surface area contributed by atoms with Crippen LogP contribution in [0.5, 0.6) is 0 Å². The first kappa shape index (κ1) is 9.84. The fraction of sp³-hybridized carbons (Fsp3) is 0.0769. The monoisotopic (exact) mass is 225 g/mol. The Hall–Kier alpha value is -2.36. The average Bonchev–Trinajstić information content (AvgIpc) is 2.65. The molecule has 3 rings (SSSR count). The van der Waals surface area contributed by atoms with Crippen LogP contribution in [0.2, 0.25) is 0 Å². The molecule has 0 spiro atoms. The molecule has 0 unspecified atom stereocenters. The van der Waals surface area contributed by atoms with E-state index in [0.717, 1.165) is 27.6 Å². The van der Waals surface area contributed by atoms with E-state index in [-0.39, 0.29) is 5.91 Å². The lowest BCUT2D eigenvalue weighted by atomic mass is 10.2. The number of pyridine rings is 1. The number of aromatic nitrogens is 2. The maximum Gasteiger partial charge on any atom is 0.221 e. The summed E-state index contributed by atoms with van der Waals surface area (Å²) in [6, 6.07) is 9.74. The number of hydrogen-bond acceptors (Lipinski definition) is 2. The van der Waals surface area contributed by atoms with Crippen LogP contribution in [0.3, 0.4) is 0 Å². The number of nitrogens with zero attached hydrogens (tertiary/aromatic N) is 1. The number of rotatable bonds is 1. The van der Waals surface area contributed by atoms with Crippen molar-refractivity contribution < 1.29 is 4.79 Å². The van der Waals surface area contributed by atoms with Crippen molar-refractivity contribution in [1.29, 1.82) is 0 Å². The zero-order valence-corrected chi connectivity index (χ0v) is 9.32. The number of carbonyl (C=O) groups is 1. The highest BCUT2D eigenvalue weighted by Crippen LogP contribution is 2.26. The lowest BCUT2D eigenvalue weighted by Gasteiger charge is -2.01. The normalized spacial score (nSPS) is 10.9. The number of fused-ring (bicyclic) bond motifs is 3. The molecule has 0 aliphatic heterocycles. The molecular formula is C13H11N3O. The molecule has 2 N–H and O–H groups in total. The molecule has 0 fully saturated rings. The number of aromatic amines is 1. The van der Waals surface area contributed by atoms with Gasteiger partial charge in [0.15, 0.2) is 0 Å². The van der Waals surface area contributed by atoms with E-state index in [0.29, 0.717) is 0 Å². The van der Waals surface area contributed by atoms with Crippen molar-refractivity contribution in [1.82, 2.24) is 9.97 Å². The number of carbonyl (C=O) groups excluding carboxylic acids is 1. The molecule has 1 aromatic carbocycles. The number of hydrogen-bond donors (Lipinski definition) is 2. The van der Waals surface area contributed by atoms with Crippen LogP contribution in [0.1, 0.15) is 6.92 Å². The molecule has 0 aliphatic rings. The van der Waals surface area contributed by atoms with Gasteiger partial charge in [-0.1, -0.05) is 6.07 Å². The zero-order valence-electron chi connectivity index (χ0n) is 9.32. The van der Waals surface area contributed by atoms with Crippen LogP contribution < -0.4 is 5.32 Å². The molecule has 0 aliphatic carbocycles. The van der Waals surface area contributed by atoms with Gasteiger partial charge < -0.3 is 10.3 Å². The highest BCUT2D eigenvalue weighted by atomic mass is 16.1. The second-order valence-corrected chi connectivity index (χ2v) is 3.97. The predicted molar refractivity (Wildman–Crippen MR) is 67.9 cm³/mol. The summed E-state index contributed by atoms with van der Waals surface area (Å²) in [5.74, 6) is -0.0708. The molecule has 17 heavy (non-hydrogen) atoms. The highest BCUT2D eigenvalue weighted by Gasteiger charge is 2.05. The molecular weight excluding hydrogens is 214 g/mol. The number of benzene rings is 1. The maximum atomic E-state index is 11.0. The van der Waals surface area contributed by atoms with Gasteiger partial charge in [0, 0.05) is 35.1 Å². The van der Waals surface area contributed by atoms with Gasteiger partial charge in [-0.3, -0.25) is 4.79 Å². The standard InChI is InChI=1S/C13H11N3O/c1-8(17)15-9-4-5-10-11-3-2-6-14-13(11)16-12(10)7-9/h2-7H,1H3,(H,14,16)(H,15,17). The van der Waals surface area contributed by atoms with Gasteiger partial charge in [0.1, 0.15) is 5.65 Å². The second kappa shape index (κ2) is 3.59. The Labute approximate surface area is 97.7 Å². The van der Waals surface area contributed by atoms with Gasteiger partial charge in [0.2, 0.25) is 5.91 Å². The van der Waals surface area contributed by atoms with Crippen molar-refractivity contribution in [3.05, 3.63) is 36.5 Å². The van der Waals surface area contributed by atoms with Crippen molar-refractivity contribution in [2.75, 3.05) is 5.32 Å². The summed E-state index contributed by atoms with van der Waals surface area (Å²) < 4.78 is 0. The van der Waals surface area contributed by atoms with E-state index in [1.54, 1.807) is 6.20 Å². The van der Waals surface area contributed by atoms with Gasteiger partial charge in [-0.2, -0.15) is 0 Å². The SMILES string of the molecule is CC(=O)Nc1ccc2c(c1)[nH]c1ncccc12. The van der Waals surface area contributed by atoms with E-state index in [1.807, 2.05) is 30.3 Å². The number of H-pyrrole nitrogens is 1. The Morgan fingerprint density at radius 3 is 3.00 bits per heavy atom. The molecule has 4 heteroatoms. The van der Waals surface area contributed by atoms with E-state index in [1.165, 1.54) is 6.92 Å². The first-order valence-electron chi connectivity index (χ1n) is 5.38. The Kier molecular flexibility index (Phi) is 2.08. The van der Waals surface area contributed by atoms with Crippen molar-refractivity contribution >= 4 is 33.5 Å². The zero-order chi connectivity index (χ0) is 11.8. The minimum Gasteiger partial charge on any atom is -0.339 e. The summed E-state index contributed by atoms with van der Waals surface area (Å²) in [4.78, 5) is 18.5. The number of anilines is 1. The Balaban J connectivity index is 2.23. The minimum absolute atomic E-state index is 0.0708. The molecule has 0 bridgehead atoms. The van der Waals surface area contributed by atoms with Crippen molar-refractivity contribution in [2.24, 2.45) is 0 Å². The van der Waals surface area contributed by atoms with Gasteiger partial charge in [-0.15, -0.1) is 0 Å². The summed E-state index contributed by atoms with van der Waals surface area (Å²) in [5, 5.41) is 4.97. The van der Waals surface area contributed by atoms with E-state index in [4.69, 9.17) is 0 Å². The Morgan fingerprint density at radius 2 is 2.18 bits per heavy atom. The quantitative estimate of drug-likeness (QED) is 0.669.